The molecule has 1 heterocycles. The van der Waals surface area contributed by atoms with Crippen molar-refractivity contribution in [2.45, 2.75) is 64.0 Å². The van der Waals surface area contributed by atoms with Crippen molar-refractivity contribution in [3.63, 3.8) is 0 Å². The van der Waals surface area contributed by atoms with E-state index in [-0.39, 0.29) is 23.6 Å². The fraction of sp³-hybridized carbons (Fsp3) is 0.382. The lowest BCUT2D eigenvalue weighted by atomic mass is 9.81. The number of hydrogen-bond donors (Lipinski definition) is 5. The lowest BCUT2D eigenvalue weighted by Gasteiger charge is -2.28. The highest BCUT2D eigenvalue weighted by atomic mass is 16.2. The smallest absolute Gasteiger partial charge is 0.251 e. The van der Waals surface area contributed by atoms with Gasteiger partial charge in [-0.3, -0.25) is 14.4 Å². The predicted octanol–water partition coefficient (Wildman–Crippen LogP) is 4.26. The number of aromatic amines is 1. The van der Waals surface area contributed by atoms with E-state index in [0.29, 0.717) is 47.2 Å². The van der Waals surface area contributed by atoms with E-state index in [1.807, 2.05) is 49.4 Å². The molecule has 0 aliphatic heterocycles. The number of carbonyl (C=O) groups is 3. The zero-order valence-corrected chi connectivity index (χ0v) is 24.9. The molecule has 1 atom stereocenters. The Bertz CT molecular complexity index is 1650. The van der Waals surface area contributed by atoms with Gasteiger partial charge in [0.25, 0.3) is 5.91 Å². The summed E-state index contributed by atoms with van der Waals surface area (Å²) in [5.74, 6) is -0.0817. The SMILES string of the molecule is Cc1cc(C(=O)NC2CC2)ccc1-c1ccc(C[C@H](NC(=O)C2CCC(CN)CC2)C(=O)Nc2ccc3n[nH]nc3c2)cc1. The number of nitrogens with one attached hydrogen (secondary N) is 4. The Morgan fingerprint density at radius 1 is 0.909 bits per heavy atom. The first-order valence-electron chi connectivity index (χ1n) is 15.5. The van der Waals surface area contributed by atoms with Crippen LogP contribution in [0.5, 0.6) is 0 Å². The largest absolute Gasteiger partial charge is 0.349 e. The maximum absolute atomic E-state index is 13.6. The van der Waals surface area contributed by atoms with Crippen LogP contribution in [0.4, 0.5) is 5.69 Å². The summed E-state index contributed by atoms with van der Waals surface area (Å²) in [4.78, 5) is 39.4. The minimum atomic E-state index is -0.764. The third kappa shape index (κ3) is 6.97. The van der Waals surface area contributed by atoms with Crippen LogP contribution in [-0.4, -0.2) is 51.8 Å². The van der Waals surface area contributed by atoms with Crippen LogP contribution in [0.1, 0.15) is 60.0 Å². The molecule has 2 aliphatic carbocycles. The van der Waals surface area contributed by atoms with Gasteiger partial charge < -0.3 is 21.7 Å². The van der Waals surface area contributed by atoms with Crippen LogP contribution in [0.3, 0.4) is 0 Å². The second kappa shape index (κ2) is 13.0. The predicted molar refractivity (Wildman–Crippen MR) is 170 cm³/mol. The van der Waals surface area contributed by atoms with Gasteiger partial charge in [-0.2, -0.15) is 15.4 Å². The number of hydrogen-bond acceptors (Lipinski definition) is 6. The number of anilines is 1. The number of H-pyrrole nitrogens is 1. The quantitative estimate of drug-likeness (QED) is 0.185. The van der Waals surface area contributed by atoms with E-state index in [2.05, 4.69) is 31.4 Å². The summed E-state index contributed by atoms with van der Waals surface area (Å²) >= 11 is 0. The van der Waals surface area contributed by atoms with Crippen molar-refractivity contribution in [2.24, 2.45) is 17.6 Å². The van der Waals surface area contributed by atoms with Crippen LogP contribution < -0.4 is 21.7 Å². The molecule has 4 aromatic rings. The van der Waals surface area contributed by atoms with Gasteiger partial charge >= 0.3 is 0 Å². The maximum atomic E-state index is 13.6. The van der Waals surface area contributed by atoms with Gasteiger partial charge in [0.1, 0.15) is 17.1 Å². The number of aromatic nitrogens is 3. The average Bonchev–Trinajstić information content (AvgIpc) is 3.73. The molecule has 2 fully saturated rings. The first kappa shape index (κ1) is 29.5. The van der Waals surface area contributed by atoms with Crippen LogP contribution in [0, 0.1) is 18.8 Å². The summed E-state index contributed by atoms with van der Waals surface area (Å²) in [6, 6.07) is 18.6. The number of benzene rings is 3. The number of fused-ring (bicyclic) bond motifs is 1. The fourth-order valence-corrected chi connectivity index (χ4v) is 5.99. The molecule has 228 valence electrons. The van der Waals surface area contributed by atoms with Crippen molar-refractivity contribution < 1.29 is 14.4 Å². The van der Waals surface area contributed by atoms with Gasteiger partial charge in [-0.05, 0) is 110 Å². The third-order valence-corrected chi connectivity index (χ3v) is 8.87. The first-order valence-corrected chi connectivity index (χ1v) is 15.5. The van der Waals surface area contributed by atoms with E-state index in [0.717, 1.165) is 60.8 Å². The van der Waals surface area contributed by atoms with E-state index in [1.165, 1.54) is 0 Å². The number of nitrogens with two attached hydrogens (primary N) is 1. The Morgan fingerprint density at radius 3 is 2.36 bits per heavy atom. The normalized spacial score (nSPS) is 18.9. The van der Waals surface area contributed by atoms with E-state index >= 15 is 0 Å². The van der Waals surface area contributed by atoms with E-state index in [1.54, 1.807) is 18.2 Å². The Balaban J connectivity index is 1.16. The van der Waals surface area contributed by atoms with Gasteiger partial charge in [0.2, 0.25) is 11.8 Å². The molecular weight excluding hydrogens is 554 g/mol. The zero-order valence-electron chi connectivity index (χ0n) is 24.9. The average molecular weight is 594 g/mol. The van der Waals surface area contributed by atoms with Gasteiger partial charge in [-0.15, -0.1) is 0 Å². The van der Waals surface area contributed by atoms with Crippen molar-refractivity contribution in [3.05, 3.63) is 77.4 Å². The third-order valence-electron chi connectivity index (χ3n) is 8.87. The summed E-state index contributed by atoms with van der Waals surface area (Å²) in [6.07, 6.45) is 5.85. The molecule has 44 heavy (non-hydrogen) atoms. The minimum absolute atomic E-state index is 0.0303. The Morgan fingerprint density at radius 2 is 1.66 bits per heavy atom. The number of aryl methyl sites for hydroxylation is 1. The molecule has 0 radical (unpaired) electrons. The minimum Gasteiger partial charge on any atom is -0.349 e. The Labute approximate surface area is 256 Å². The molecule has 0 bridgehead atoms. The molecule has 1 aromatic heterocycles. The topological polar surface area (TPSA) is 155 Å². The summed E-state index contributed by atoms with van der Waals surface area (Å²) in [5, 5.41) is 19.8. The van der Waals surface area contributed by atoms with Gasteiger partial charge in [-0.1, -0.05) is 30.3 Å². The highest BCUT2D eigenvalue weighted by Crippen LogP contribution is 2.29. The van der Waals surface area contributed by atoms with Crippen LogP contribution in [0.2, 0.25) is 0 Å². The number of carbonyl (C=O) groups excluding carboxylic acids is 3. The van der Waals surface area contributed by atoms with Crippen LogP contribution in [0.15, 0.2) is 60.7 Å². The Hall–Kier alpha value is -4.57. The molecule has 10 nitrogen and oxygen atoms in total. The highest BCUT2D eigenvalue weighted by Gasteiger charge is 2.29. The van der Waals surface area contributed by atoms with Gasteiger partial charge in [0, 0.05) is 29.6 Å². The lowest BCUT2D eigenvalue weighted by molar-refractivity contribution is -0.130. The lowest BCUT2D eigenvalue weighted by Crippen LogP contribution is -2.48. The summed E-state index contributed by atoms with van der Waals surface area (Å²) in [6.45, 7) is 2.65. The molecule has 2 aliphatic rings. The van der Waals surface area contributed by atoms with Crippen LogP contribution in [-0.2, 0) is 16.0 Å². The molecule has 10 heteroatoms. The molecule has 0 saturated heterocycles. The van der Waals surface area contributed by atoms with Crippen molar-refractivity contribution in [3.8, 4) is 11.1 Å². The van der Waals surface area contributed by atoms with Crippen molar-refractivity contribution in [2.75, 3.05) is 11.9 Å². The van der Waals surface area contributed by atoms with Gasteiger partial charge in [-0.25, -0.2) is 0 Å². The highest BCUT2D eigenvalue weighted by molar-refractivity contribution is 5.99. The standard InChI is InChI=1S/C34H39N7O3/c1-20-16-25(33(43)36-26-11-12-26)10-14-28(20)23-6-2-21(3-7-23)17-31(38-32(42)24-8-4-22(19-35)5-9-24)34(44)37-27-13-15-29-30(18-27)40-41-39-29/h2-3,6-7,10,13-16,18,22,24,26,31H,4-5,8-9,11-12,17,19,35H2,1H3,(H,36,43)(H,37,44)(H,38,42)(H,39,40,41)/t22?,24?,31-/m0/s1. The van der Waals surface area contributed by atoms with Crippen LogP contribution in [0.25, 0.3) is 22.2 Å². The van der Waals surface area contributed by atoms with Crippen LogP contribution >= 0.6 is 0 Å². The summed E-state index contributed by atoms with van der Waals surface area (Å²) in [7, 11) is 0. The molecule has 2 saturated carbocycles. The molecule has 3 amide bonds. The molecule has 0 spiro atoms. The van der Waals surface area contributed by atoms with E-state index in [9.17, 15) is 14.4 Å². The monoisotopic (exact) mass is 593 g/mol. The molecule has 0 unspecified atom stereocenters. The van der Waals surface area contributed by atoms with Gasteiger partial charge in [0.05, 0.1) is 0 Å². The number of rotatable bonds is 10. The second-order valence-electron chi connectivity index (χ2n) is 12.2. The summed E-state index contributed by atoms with van der Waals surface area (Å²) < 4.78 is 0. The Kier molecular flexibility index (Phi) is 8.70. The number of amides is 3. The van der Waals surface area contributed by atoms with Crippen molar-refractivity contribution in [1.82, 2.24) is 26.0 Å². The summed E-state index contributed by atoms with van der Waals surface area (Å²) in [5.41, 5.74) is 12.4. The zero-order chi connectivity index (χ0) is 30.6. The van der Waals surface area contributed by atoms with Crippen molar-refractivity contribution in [1.29, 1.82) is 0 Å². The molecule has 6 rings (SSSR count). The van der Waals surface area contributed by atoms with E-state index < -0.39 is 6.04 Å². The molecule has 3 aromatic carbocycles. The fourth-order valence-electron chi connectivity index (χ4n) is 5.99. The maximum Gasteiger partial charge on any atom is 0.251 e. The van der Waals surface area contributed by atoms with Crippen molar-refractivity contribution >= 4 is 34.4 Å². The first-order chi connectivity index (χ1) is 21.4. The molecule has 6 N–H and O–H groups in total. The second-order valence-corrected chi connectivity index (χ2v) is 12.2. The molecular formula is C34H39N7O3. The number of nitrogens with zero attached hydrogens (tertiary/aromatic N) is 2. The van der Waals surface area contributed by atoms with E-state index in [4.69, 9.17) is 5.73 Å². The van der Waals surface area contributed by atoms with Gasteiger partial charge in [0.15, 0.2) is 0 Å².